The SMILES string of the molecule is c1ccc2c(c1)C[C@@H]1[C@@H](Nc3nccn4cnnc34)[C@H]21. The van der Waals surface area contributed by atoms with Crippen molar-refractivity contribution in [3.8, 4) is 0 Å². The maximum Gasteiger partial charge on any atom is 0.203 e. The Labute approximate surface area is 115 Å². The molecule has 0 bridgehead atoms. The van der Waals surface area contributed by atoms with E-state index in [0.29, 0.717) is 17.9 Å². The lowest BCUT2D eigenvalue weighted by molar-refractivity contribution is 0.821. The van der Waals surface area contributed by atoms with Crippen molar-refractivity contribution in [2.24, 2.45) is 5.92 Å². The fourth-order valence-electron chi connectivity index (χ4n) is 3.57. The van der Waals surface area contributed by atoms with Crippen LogP contribution in [0.3, 0.4) is 0 Å². The van der Waals surface area contributed by atoms with Gasteiger partial charge in [0, 0.05) is 24.4 Å². The summed E-state index contributed by atoms with van der Waals surface area (Å²) in [6.45, 7) is 0. The zero-order valence-electron chi connectivity index (χ0n) is 10.8. The van der Waals surface area contributed by atoms with Crippen molar-refractivity contribution in [2.45, 2.75) is 18.4 Å². The lowest BCUT2D eigenvalue weighted by atomic mass is 10.1. The van der Waals surface area contributed by atoms with E-state index < -0.39 is 0 Å². The van der Waals surface area contributed by atoms with Gasteiger partial charge in [-0.1, -0.05) is 24.3 Å². The van der Waals surface area contributed by atoms with Crippen LogP contribution in [0.2, 0.25) is 0 Å². The average molecular weight is 263 g/mol. The highest BCUT2D eigenvalue weighted by Gasteiger charge is 2.55. The first-order valence-electron chi connectivity index (χ1n) is 6.90. The van der Waals surface area contributed by atoms with Gasteiger partial charge in [-0.05, 0) is 23.5 Å². The topological polar surface area (TPSA) is 55.1 Å². The van der Waals surface area contributed by atoms with Gasteiger partial charge < -0.3 is 5.32 Å². The van der Waals surface area contributed by atoms with Crippen molar-refractivity contribution in [2.75, 3.05) is 5.32 Å². The summed E-state index contributed by atoms with van der Waals surface area (Å²) in [7, 11) is 0. The molecule has 2 aliphatic carbocycles. The van der Waals surface area contributed by atoms with Crippen LogP contribution in [0, 0.1) is 5.92 Å². The highest BCUT2D eigenvalue weighted by Crippen LogP contribution is 2.57. The number of nitrogens with one attached hydrogen (secondary N) is 1. The third kappa shape index (κ3) is 1.29. The van der Waals surface area contributed by atoms with Crippen molar-refractivity contribution in [3.63, 3.8) is 0 Å². The molecule has 2 aromatic heterocycles. The summed E-state index contributed by atoms with van der Waals surface area (Å²) in [5.74, 6) is 2.18. The molecule has 2 heterocycles. The molecular weight excluding hydrogens is 250 g/mol. The zero-order valence-corrected chi connectivity index (χ0v) is 10.8. The van der Waals surface area contributed by atoms with E-state index in [1.165, 1.54) is 17.5 Å². The van der Waals surface area contributed by atoms with Gasteiger partial charge in [-0.25, -0.2) is 4.98 Å². The molecule has 1 N–H and O–H groups in total. The molecule has 1 aromatic carbocycles. The van der Waals surface area contributed by atoms with Crippen molar-refractivity contribution in [1.82, 2.24) is 19.6 Å². The Hall–Kier alpha value is -2.43. The molecule has 1 saturated carbocycles. The molecule has 5 nitrogen and oxygen atoms in total. The summed E-state index contributed by atoms with van der Waals surface area (Å²) >= 11 is 0. The summed E-state index contributed by atoms with van der Waals surface area (Å²) in [6, 6.07) is 9.25. The van der Waals surface area contributed by atoms with Gasteiger partial charge in [-0.3, -0.25) is 4.40 Å². The summed E-state index contributed by atoms with van der Waals surface area (Å²) in [6.07, 6.45) is 6.52. The van der Waals surface area contributed by atoms with Crippen LogP contribution in [0.4, 0.5) is 5.82 Å². The molecule has 0 aliphatic heterocycles. The maximum absolute atomic E-state index is 4.41. The smallest absolute Gasteiger partial charge is 0.203 e. The number of rotatable bonds is 2. The van der Waals surface area contributed by atoms with Gasteiger partial charge in [0.1, 0.15) is 6.33 Å². The quantitative estimate of drug-likeness (QED) is 0.767. The minimum Gasteiger partial charge on any atom is -0.363 e. The van der Waals surface area contributed by atoms with Crippen LogP contribution in [0.25, 0.3) is 5.65 Å². The van der Waals surface area contributed by atoms with Crippen molar-refractivity contribution in [1.29, 1.82) is 0 Å². The molecule has 5 heteroatoms. The predicted molar refractivity (Wildman–Crippen MR) is 74.6 cm³/mol. The summed E-state index contributed by atoms with van der Waals surface area (Å²) in [4.78, 5) is 4.41. The van der Waals surface area contributed by atoms with Crippen LogP contribution in [0.5, 0.6) is 0 Å². The van der Waals surface area contributed by atoms with Gasteiger partial charge >= 0.3 is 0 Å². The molecule has 98 valence electrons. The fourth-order valence-corrected chi connectivity index (χ4v) is 3.57. The molecule has 0 saturated heterocycles. The molecule has 1 fully saturated rings. The second-order valence-corrected chi connectivity index (χ2v) is 5.60. The predicted octanol–water partition coefficient (Wildman–Crippen LogP) is 1.87. The highest BCUT2D eigenvalue weighted by molar-refractivity contribution is 5.64. The van der Waals surface area contributed by atoms with E-state index in [0.717, 1.165) is 11.5 Å². The number of benzene rings is 1. The van der Waals surface area contributed by atoms with E-state index in [2.05, 4.69) is 44.8 Å². The highest BCUT2D eigenvalue weighted by atomic mass is 15.3. The largest absolute Gasteiger partial charge is 0.363 e. The average Bonchev–Trinajstić information content (AvgIpc) is 2.88. The lowest BCUT2D eigenvalue weighted by Gasteiger charge is -2.10. The van der Waals surface area contributed by atoms with E-state index in [4.69, 9.17) is 0 Å². The van der Waals surface area contributed by atoms with E-state index in [1.54, 1.807) is 12.5 Å². The fraction of sp³-hybridized carbons (Fsp3) is 0.267. The molecule has 2 aliphatic rings. The molecule has 3 aromatic rings. The first kappa shape index (κ1) is 10.4. The van der Waals surface area contributed by atoms with Crippen LogP contribution in [-0.4, -0.2) is 25.6 Å². The molecule has 3 atom stereocenters. The van der Waals surface area contributed by atoms with Gasteiger partial charge in [-0.2, -0.15) is 0 Å². The van der Waals surface area contributed by atoms with Crippen LogP contribution in [-0.2, 0) is 6.42 Å². The van der Waals surface area contributed by atoms with Crippen LogP contribution >= 0.6 is 0 Å². The van der Waals surface area contributed by atoms with Crippen LogP contribution in [0.15, 0.2) is 43.0 Å². The molecule has 20 heavy (non-hydrogen) atoms. The number of fused-ring (bicyclic) bond motifs is 4. The summed E-state index contributed by atoms with van der Waals surface area (Å²) in [5.41, 5.74) is 3.81. The minimum absolute atomic E-state index is 0.486. The van der Waals surface area contributed by atoms with Gasteiger partial charge in [0.2, 0.25) is 5.65 Å². The minimum atomic E-state index is 0.486. The monoisotopic (exact) mass is 263 g/mol. The Morgan fingerprint density at radius 2 is 2.20 bits per heavy atom. The third-order valence-electron chi connectivity index (χ3n) is 4.56. The Balaban J connectivity index is 1.47. The van der Waals surface area contributed by atoms with E-state index in [9.17, 15) is 0 Å². The number of nitrogens with zero attached hydrogens (tertiary/aromatic N) is 4. The van der Waals surface area contributed by atoms with Crippen molar-refractivity contribution < 1.29 is 0 Å². The Kier molecular flexibility index (Phi) is 1.85. The molecule has 0 amide bonds. The third-order valence-corrected chi connectivity index (χ3v) is 4.56. The lowest BCUT2D eigenvalue weighted by Crippen LogP contribution is -2.12. The Morgan fingerprint density at radius 1 is 1.25 bits per heavy atom. The van der Waals surface area contributed by atoms with E-state index in [1.807, 2.05) is 10.6 Å². The van der Waals surface area contributed by atoms with Gasteiger partial charge in [-0.15, -0.1) is 10.2 Å². The number of anilines is 1. The zero-order chi connectivity index (χ0) is 13.1. The van der Waals surface area contributed by atoms with Gasteiger partial charge in [0.15, 0.2) is 5.82 Å². The van der Waals surface area contributed by atoms with Crippen LogP contribution < -0.4 is 5.32 Å². The summed E-state index contributed by atoms with van der Waals surface area (Å²) in [5, 5.41) is 11.6. The molecule has 0 radical (unpaired) electrons. The number of hydrogen-bond donors (Lipinski definition) is 1. The van der Waals surface area contributed by atoms with Gasteiger partial charge in [0.25, 0.3) is 0 Å². The maximum atomic E-state index is 4.41. The number of aromatic nitrogens is 4. The first-order valence-corrected chi connectivity index (χ1v) is 6.90. The van der Waals surface area contributed by atoms with Crippen molar-refractivity contribution >= 4 is 11.5 Å². The Morgan fingerprint density at radius 3 is 3.20 bits per heavy atom. The second-order valence-electron chi connectivity index (χ2n) is 5.60. The summed E-state index contributed by atoms with van der Waals surface area (Å²) < 4.78 is 1.89. The second kappa shape index (κ2) is 3.56. The number of hydrogen-bond acceptors (Lipinski definition) is 4. The van der Waals surface area contributed by atoms with Crippen LogP contribution in [0.1, 0.15) is 17.0 Å². The first-order chi connectivity index (χ1) is 9.92. The molecule has 0 unspecified atom stereocenters. The Bertz CT molecular complexity index is 809. The normalized spacial score (nSPS) is 26.3. The molecular formula is C15H13N5. The van der Waals surface area contributed by atoms with E-state index in [-0.39, 0.29) is 0 Å². The van der Waals surface area contributed by atoms with E-state index >= 15 is 0 Å². The molecule has 0 spiro atoms. The van der Waals surface area contributed by atoms with Crippen molar-refractivity contribution in [3.05, 3.63) is 54.1 Å². The van der Waals surface area contributed by atoms with Gasteiger partial charge in [0.05, 0.1) is 0 Å². The standard InChI is InChI=1S/C15H13N5/c1-2-4-10-9(3-1)7-11-12(10)13(11)18-14-15-19-17-8-20(15)6-5-16-14/h1-6,8,11-13H,7H2,(H,16,18)/t11-,12+,13+/m0/s1. The molecule has 5 rings (SSSR count).